The van der Waals surface area contributed by atoms with Crippen molar-refractivity contribution in [3.63, 3.8) is 0 Å². The minimum Gasteiger partial charge on any atom is -0.332 e. The van der Waals surface area contributed by atoms with Gasteiger partial charge in [0.25, 0.3) is 0 Å². The lowest BCUT2D eigenvalue weighted by molar-refractivity contribution is -0.129. The third kappa shape index (κ3) is 5.39. The minimum absolute atomic E-state index is 0.157. The highest BCUT2D eigenvalue weighted by Crippen LogP contribution is 2.37. The van der Waals surface area contributed by atoms with Gasteiger partial charge in [0, 0.05) is 45.8 Å². The summed E-state index contributed by atoms with van der Waals surface area (Å²) in [6, 6.07) is 12.5. The van der Waals surface area contributed by atoms with Gasteiger partial charge in [-0.3, -0.25) is 14.3 Å². The molecule has 9 nitrogen and oxygen atoms in total. The molecule has 2 aliphatic heterocycles. The molecule has 11 heteroatoms. The van der Waals surface area contributed by atoms with E-state index in [-0.39, 0.29) is 28.9 Å². The summed E-state index contributed by atoms with van der Waals surface area (Å²) in [5.74, 6) is -0.694. The van der Waals surface area contributed by atoms with Crippen LogP contribution in [0.25, 0.3) is 22.5 Å². The number of nitrogens with one attached hydrogen (secondary N) is 1. The van der Waals surface area contributed by atoms with Crippen molar-refractivity contribution in [2.45, 2.75) is 38.6 Å². The van der Waals surface area contributed by atoms with E-state index in [2.05, 4.69) is 20.7 Å². The standard InChI is InChI=1S/C30H29Cl2N7O2/c1-18-5-3-8-25(20-6-4-7-21(13-20)29-24(34-30(18)41)16-33-37(29)2)38-12-11-19(14-28(38)40)23-15-22(31)9-10-26(23)39-17-27(32)35-36-39/h4,6-7,9-10,13-18,25H,3,5,8,11-12H2,1-2H3,(H,34,41)/t18-,25+/m1/s1/i2D3. The lowest BCUT2D eigenvalue weighted by Gasteiger charge is -2.35. The van der Waals surface area contributed by atoms with Gasteiger partial charge in [-0.2, -0.15) is 5.10 Å². The molecule has 41 heavy (non-hydrogen) atoms. The van der Waals surface area contributed by atoms with Crippen LogP contribution in [0, 0.1) is 5.92 Å². The average molecular weight is 594 g/mol. The van der Waals surface area contributed by atoms with Crippen LogP contribution >= 0.6 is 23.2 Å². The Labute approximate surface area is 252 Å². The monoisotopic (exact) mass is 592 g/mol. The maximum Gasteiger partial charge on any atom is 0.247 e. The number of aryl methyl sites for hydroxylation is 1. The van der Waals surface area contributed by atoms with Gasteiger partial charge >= 0.3 is 0 Å². The summed E-state index contributed by atoms with van der Waals surface area (Å²) in [5.41, 5.74) is 4.36. The Hall–Kier alpha value is -3.95. The molecule has 0 aliphatic carbocycles. The topological polar surface area (TPSA) is 97.9 Å². The van der Waals surface area contributed by atoms with Gasteiger partial charge in [-0.1, -0.05) is 60.0 Å². The number of nitrogens with zero attached hydrogens (tertiary/aromatic N) is 6. The maximum atomic E-state index is 13.9. The van der Waals surface area contributed by atoms with Crippen LogP contribution in [0.5, 0.6) is 0 Å². The number of carbonyl (C=O) groups is 2. The fourth-order valence-electron chi connectivity index (χ4n) is 5.62. The van der Waals surface area contributed by atoms with Crippen LogP contribution in [0.15, 0.2) is 60.9 Å². The van der Waals surface area contributed by atoms with Crippen LogP contribution < -0.4 is 5.32 Å². The lowest BCUT2D eigenvalue weighted by atomic mass is 9.91. The van der Waals surface area contributed by atoms with Crippen molar-refractivity contribution in [3.05, 3.63) is 82.2 Å². The fraction of sp³-hybridized carbons (Fsp3) is 0.300. The van der Waals surface area contributed by atoms with Gasteiger partial charge in [0.05, 0.1) is 35.5 Å². The molecule has 4 heterocycles. The minimum atomic E-state index is -2.56. The molecule has 0 saturated heterocycles. The number of benzene rings is 2. The van der Waals surface area contributed by atoms with Gasteiger partial charge < -0.3 is 10.2 Å². The van der Waals surface area contributed by atoms with E-state index in [0.29, 0.717) is 59.9 Å². The zero-order valence-corrected chi connectivity index (χ0v) is 23.7. The van der Waals surface area contributed by atoms with E-state index < -0.39 is 6.98 Å². The molecule has 2 aromatic heterocycles. The Balaban J connectivity index is 1.39. The largest absolute Gasteiger partial charge is 0.332 e. The highest BCUT2D eigenvalue weighted by Gasteiger charge is 2.30. The molecule has 2 aliphatic rings. The van der Waals surface area contributed by atoms with Gasteiger partial charge in [0.15, 0.2) is 5.15 Å². The summed E-state index contributed by atoms with van der Waals surface area (Å²) in [7, 11) is 0. The molecule has 0 spiro atoms. The smallest absolute Gasteiger partial charge is 0.247 e. The first kappa shape index (κ1) is 23.7. The average Bonchev–Trinajstić information content (AvgIpc) is 3.61. The van der Waals surface area contributed by atoms with Crippen molar-refractivity contribution in [2.75, 3.05) is 11.9 Å². The van der Waals surface area contributed by atoms with Crippen LogP contribution in [0.1, 0.15) is 53.9 Å². The second-order valence-corrected chi connectivity index (χ2v) is 11.2. The summed E-state index contributed by atoms with van der Waals surface area (Å²) in [6.07, 6.45) is 7.09. The van der Waals surface area contributed by atoms with Gasteiger partial charge in [-0.25, -0.2) is 4.68 Å². The number of fused-ring (bicyclic) bond motifs is 4. The van der Waals surface area contributed by atoms with Crippen LogP contribution in [-0.2, 0) is 16.6 Å². The molecule has 2 aromatic carbocycles. The number of hydrogen-bond acceptors (Lipinski definition) is 5. The van der Waals surface area contributed by atoms with Crippen LogP contribution in [-0.4, -0.2) is 48.0 Å². The molecule has 4 aromatic rings. The molecule has 0 fully saturated rings. The van der Waals surface area contributed by atoms with E-state index in [0.717, 1.165) is 21.4 Å². The molecular formula is C30H29Cl2N7O2. The first-order chi connectivity index (χ1) is 21.0. The zero-order valence-electron chi connectivity index (χ0n) is 25.2. The molecule has 2 atom stereocenters. The van der Waals surface area contributed by atoms with Gasteiger partial charge in [-0.05, 0) is 54.7 Å². The Bertz CT molecular complexity index is 1780. The number of rotatable bonds is 3. The van der Waals surface area contributed by atoms with E-state index in [1.54, 1.807) is 35.2 Å². The molecule has 0 radical (unpaired) electrons. The SMILES string of the molecule is [2H]C([2H])([2H])n1ncc2c1-c1cccc(c1)[C@@H](N1CCC(c3cc(Cl)ccc3-n3cc(Cl)nn3)=CC1=O)CCC[C@@H](C)C(=O)N2. The van der Waals surface area contributed by atoms with E-state index >= 15 is 0 Å². The summed E-state index contributed by atoms with van der Waals surface area (Å²) >= 11 is 12.4. The number of hydrogen-bond donors (Lipinski definition) is 1. The van der Waals surface area contributed by atoms with E-state index in [4.69, 9.17) is 27.3 Å². The molecule has 0 saturated carbocycles. The molecule has 2 amide bonds. The zero-order chi connectivity index (χ0) is 31.2. The first-order valence-corrected chi connectivity index (χ1v) is 14.1. The van der Waals surface area contributed by atoms with Crippen LogP contribution in [0.3, 0.4) is 0 Å². The highest BCUT2D eigenvalue weighted by atomic mass is 35.5. The number of aromatic nitrogens is 5. The summed E-state index contributed by atoms with van der Waals surface area (Å²) in [4.78, 5) is 28.7. The molecule has 1 N–H and O–H groups in total. The Kier molecular flexibility index (Phi) is 6.45. The number of halogens is 2. The normalized spacial score (nSPS) is 21.0. The van der Waals surface area contributed by atoms with Crippen molar-refractivity contribution in [1.82, 2.24) is 29.7 Å². The summed E-state index contributed by atoms with van der Waals surface area (Å²) < 4.78 is 26.6. The number of anilines is 1. The number of carbonyl (C=O) groups excluding carboxylic acids is 2. The van der Waals surface area contributed by atoms with Crippen molar-refractivity contribution in [3.8, 4) is 16.9 Å². The second-order valence-electron chi connectivity index (χ2n) is 10.4. The maximum absolute atomic E-state index is 13.9. The molecule has 6 rings (SSSR count). The summed E-state index contributed by atoms with van der Waals surface area (Å²) in [6.45, 7) is -0.273. The number of amides is 2. The van der Waals surface area contributed by atoms with Gasteiger partial charge in [0.1, 0.15) is 0 Å². The fourth-order valence-corrected chi connectivity index (χ4v) is 5.92. The molecule has 210 valence electrons. The van der Waals surface area contributed by atoms with Gasteiger partial charge in [-0.15, -0.1) is 5.10 Å². The Morgan fingerprint density at radius 2 is 2.00 bits per heavy atom. The Morgan fingerprint density at radius 3 is 2.78 bits per heavy atom. The molecule has 2 bridgehead atoms. The quantitative estimate of drug-likeness (QED) is 0.310. The summed E-state index contributed by atoms with van der Waals surface area (Å²) in [5, 5.41) is 15.7. The third-order valence-corrected chi connectivity index (χ3v) is 8.14. The van der Waals surface area contributed by atoms with Crippen LogP contribution in [0.2, 0.25) is 10.2 Å². The lowest BCUT2D eigenvalue weighted by Crippen LogP contribution is -2.37. The Morgan fingerprint density at radius 1 is 1.12 bits per heavy atom. The van der Waals surface area contributed by atoms with Crippen molar-refractivity contribution in [2.24, 2.45) is 12.9 Å². The van der Waals surface area contributed by atoms with Crippen molar-refractivity contribution < 1.29 is 13.7 Å². The third-order valence-electron chi connectivity index (χ3n) is 7.73. The van der Waals surface area contributed by atoms with Crippen molar-refractivity contribution in [1.29, 1.82) is 0 Å². The van der Waals surface area contributed by atoms with E-state index in [1.165, 1.54) is 6.20 Å². The van der Waals surface area contributed by atoms with Gasteiger partial charge in [0.2, 0.25) is 11.8 Å². The molecule has 0 unspecified atom stereocenters. The van der Waals surface area contributed by atoms with E-state index in [1.807, 2.05) is 36.1 Å². The predicted octanol–water partition coefficient (Wildman–Crippen LogP) is 6.09. The van der Waals surface area contributed by atoms with E-state index in [9.17, 15) is 9.59 Å². The molecular weight excluding hydrogens is 561 g/mol. The van der Waals surface area contributed by atoms with Crippen molar-refractivity contribution >= 4 is 46.3 Å². The first-order valence-electron chi connectivity index (χ1n) is 14.9. The highest BCUT2D eigenvalue weighted by molar-refractivity contribution is 6.31. The second kappa shape index (κ2) is 11.1. The predicted molar refractivity (Wildman–Crippen MR) is 159 cm³/mol. The van der Waals surface area contributed by atoms with Crippen LogP contribution in [0.4, 0.5) is 5.69 Å².